The van der Waals surface area contributed by atoms with Crippen LogP contribution >= 0.6 is 11.3 Å². The summed E-state index contributed by atoms with van der Waals surface area (Å²) >= 11 is 1.83. The van der Waals surface area contributed by atoms with E-state index in [9.17, 15) is 0 Å². The topological polar surface area (TPSA) is 29.0 Å². The molecule has 232 valence electrons. The van der Waals surface area contributed by atoms with Gasteiger partial charge in [-0.15, -0.1) is 11.3 Å². The Bertz CT molecular complexity index is 2990. The fourth-order valence-corrected chi connectivity index (χ4v) is 9.17. The van der Waals surface area contributed by atoms with Crippen LogP contribution < -0.4 is 4.90 Å². The second kappa shape index (κ2) is 10.6. The largest absolute Gasteiger partial charge is 0.309 e. The molecular weight excluding hydrogens is 627 g/mol. The highest BCUT2D eigenvalue weighted by Gasteiger charge is 2.27. The standard InChI is InChI=1S/C46H27N3S/c1-2-13-32-28(10-1)24-27-40-43(32)36-17-7-11-29-12-8-20-39(42(29)36)49(40)31-25-22-30(23-26-31)46-47-38-19-5-3-15-35(38)44(48-46)37-18-9-16-34-33-14-4-6-21-41(33)50-45(34)37/h1-27H. The van der Waals surface area contributed by atoms with E-state index in [4.69, 9.17) is 9.97 Å². The highest BCUT2D eigenvalue weighted by molar-refractivity contribution is 7.26. The molecule has 0 unspecified atom stereocenters. The molecule has 0 spiro atoms. The molecule has 0 radical (unpaired) electrons. The van der Waals surface area contributed by atoms with E-state index >= 15 is 0 Å². The second-order valence-electron chi connectivity index (χ2n) is 12.9. The maximum absolute atomic E-state index is 5.32. The molecule has 0 N–H and O–H groups in total. The lowest BCUT2D eigenvalue weighted by atomic mass is 9.87. The number of fused-ring (bicyclic) bond motifs is 8. The normalized spacial score (nSPS) is 12.4. The molecule has 0 amide bonds. The summed E-state index contributed by atoms with van der Waals surface area (Å²) < 4.78 is 2.54. The minimum atomic E-state index is 0.723. The van der Waals surface area contributed by atoms with Crippen LogP contribution in [0.15, 0.2) is 164 Å². The smallest absolute Gasteiger partial charge is 0.160 e. The van der Waals surface area contributed by atoms with E-state index in [2.05, 4.69) is 169 Å². The van der Waals surface area contributed by atoms with E-state index in [0.717, 1.165) is 39.2 Å². The molecule has 50 heavy (non-hydrogen) atoms. The molecule has 0 saturated carbocycles. The molecule has 0 atom stereocenters. The predicted octanol–water partition coefficient (Wildman–Crippen LogP) is 13.1. The van der Waals surface area contributed by atoms with Crippen molar-refractivity contribution in [1.82, 2.24) is 9.97 Å². The van der Waals surface area contributed by atoms with Gasteiger partial charge in [0.25, 0.3) is 0 Å². The van der Waals surface area contributed by atoms with Gasteiger partial charge in [-0.2, -0.15) is 0 Å². The molecule has 3 heterocycles. The van der Waals surface area contributed by atoms with E-state index in [0.29, 0.717) is 0 Å². The van der Waals surface area contributed by atoms with Crippen LogP contribution in [0.5, 0.6) is 0 Å². The summed E-state index contributed by atoms with van der Waals surface area (Å²) in [4.78, 5) is 12.8. The fraction of sp³-hybridized carbons (Fsp3) is 0. The van der Waals surface area contributed by atoms with Gasteiger partial charge in [-0.1, -0.05) is 115 Å². The molecule has 3 nitrogen and oxygen atoms in total. The maximum Gasteiger partial charge on any atom is 0.160 e. The van der Waals surface area contributed by atoms with Crippen LogP contribution in [0, 0.1) is 0 Å². The molecule has 0 bridgehead atoms. The third-order valence-electron chi connectivity index (χ3n) is 10.2. The highest BCUT2D eigenvalue weighted by atomic mass is 32.1. The first-order valence-electron chi connectivity index (χ1n) is 16.9. The number of benzene rings is 8. The zero-order valence-electron chi connectivity index (χ0n) is 26.8. The van der Waals surface area contributed by atoms with Crippen molar-refractivity contribution in [1.29, 1.82) is 0 Å². The minimum Gasteiger partial charge on any atom is -0.309 e. The zero-order valence-corrected chi connectivity index (χ0v) is 27.7. The monoisotopic (exact) mass is 653 g/mol. The van der Waals surface area contributed by atoms with Crippen LogP contribution in [0.25, 0.3) is 86.4 Å². The summed E-state index contributed by atoms with van der Waals surface area (Å²) in [5, 5.41) is 8.64. The lowest BCUT2D eigenvalue weighted by Gasteiger charge is -2.34. The first-order chi connectivity index (χ1) is 24.8. The highest BCUT2D eigenvalue weighted by Crippen LogP contribution is 2.53. The van der Waals surface area contributed by atoms with Crippen molar-refractivity contribution in [3.63, 3.8) is 0 Å². The lowest BCUT2D eigenvalue weighted by Crippen LogP contribution is -2.15. The molecule has 0 fully saturated rings. The lowest BCUT2D eigenvalue weighted by molar-refractivity contribution is 1.23. The Labute approximate surface area is 292 Å². The van der Waals surface area contributed by atoms with Crippen molar-refractivity contribution >= 4 is 81.0 Å². The van der Waals surface area contributed by atoms with Crippen LogP contribution in [-0.2, 0) is 0 Å². The Kier molecular flexibility index (Phi) is 5.83. The van der Waals surface area contributed by atoms with Gasteiger partial charge in [0.2, 0.25) is 0 Å². The van der Waals surface area contributed by atoms with Crippen molar-refractivity contribution in [3.8, 4) is 33.8 Å². The molecule has 0 saturated heterocycles. The number of thiophene rings is 1. The first-order valence-corrected chi connectivity index (χ1v) is 17.7. The van der Waals surface area contributed by atoms with Crippen LogP contribution in [0.1, 0.15) is 0 Å². The molecule has 4 heteroatoms. The van der Waals surface area contributed by atoms with Crippen molar-refractivity contribution in [2.75, 3.05) is 4.90 Å². The van der Waals surface area contributed by atoms with E-state index < -0.39 is 0 Å². The molecule has 2 aromatic heterocycles. The fourth-order valence-electron chi connectivity index (χ4n) is 7.96. The molecule has 1 aliphatic rings. The molecule has 1 aliphatic heterocycles. The minimum absolute atomic E-state index is 0.723. The van der Waals surface area contributed by atoms with Gasteiger partial charge >= 0.3 is 0 Å². The summed E-state index contributed by atoms with van der Waals surface area (Å²) in [6.07, 6.45) is 0. The SMILES string of the molecule is c1ccc2c3c(ccc2c1)N(c1ccc(-c2nc(-c4cccc5c4sc4ccccc45)c4ccccc4n2)cc1)c1cccc2cccc-3c12. The average Bonchev–Trinajstić information content (AvgIpc) is 3.57. The Morgan fingerprint density at radius 3 is 2.06 bits per heavy atom. The van der Waals surface area contributed by atoms with Gasteiger partial charge in [-0.25, -0.2) is 9.97 Å². The number of aromatic nitrogens is 2. The number of hydrogen-bond acceptors (Lipinski definition) is 4. The van der Waals surface area contributed by atoms with E-state index in [1.165, 1.54) is 64.2 Å². The van der Waals surface area contributed by atoms with Crippen LogP contribution in [0.2, 0.25) is 0 Å². The van der Waals surface area contributed by atoms with Gasteiger partial charge in [0.1, 0.15) is 0 Å². The van der Waals surface area contributed by atoms with E-state index in [1.807, 2.05) is 11.3 Å². The molecular formula is C46H27N3S. The Morgan fingerprint density at radius 2 is 1.16 bits per heavy atom. The van der Waals surface area contributed by atoms with E-state index in [1.54, 1.807) is 0 Å². The van der Waals surface area contributed by atoms with Crippen molar-refractivity contribution in [2.24, 2.45) is 0 Å². The summed E-state index contributed by atoms with van der Waals surface area (Å²) in [5.74, 6) is 0.723. The number of para-hydroxylation sites is 1. The van der Waals surface area contributed by atoms with Gasteiger partial charge in [0.15, 0.2) is 5.82 Å². The van der Waals surface area contributed by atoms with Gasteiger partial charge in [0.05, 0.1) is 22.6 Å². The summed E-state index contributed by atoms with van der Waals surface area (Å²) in [6.45, 7) is 0. The van der Waals surface area contributed by atoms with Crippen LogP contribution in [-0.4, -0.2) is 9.97 Å². The van der Waals surface area contributed by atoms with Gasteiger partial charge < -0.3 is 4.90 Å². The molecule has 0 aliphatic carbocycles. The number of rotatable bonds is 3. The van der Waals surface area contributed by atoms with Gasteiger partial charge in [-0.3, -0.25) is 0 Å². The molecule has 11 rings (SSSR count). The van der Waals surface area contributed by atoms with Crippen LogP contribution in [0.4, 0.5) is 17.1 Å². The maximum atomic E-state index is 5.32. The first kappa shape index (κ1) is 27.6. The summed E-state index contributed by atoms with van der Waals surface area (Å²) in [5.41, 5.74) is 10.1. The number of nitrogens with zero attached hydrogens (tertiary/aromatic N) is 3. The Morgan fingerprint density at radius 1 is 0.460 bits per heavy atom. The average molecular weight is 654 g/mol. The molecule has 8 aromatic carbocycles. The van der Waals surface area contributed by atoms with Crippen molar-refractivity contribution in [2.45, 2.75) is 0 Å². The Hall–Kier alpha value is -6.36. The van der Waals surface area contributed by atoms with Crippen LogP contribution in [0.3, 0.4) is 0 Å². The van der Waals surface area contributed by atoms with Gasteiger partial charge in [-0.05, 0) is 70.3 Å². The third-order valence-corrected chi connectivity index (χ3v) is 11.4. The summed E-state index contributed by atoms with van der Waals surface area (Å²) in [7, 11) is 0. The number of hydrogen-bond donors (Lipinski definition) is 0. The quantitative estimate of drug-likeness (QED) is 0.190. The van der Waals surface area contributed by atoms with Crippen molar-refractivity contribution < 1.29 is 0 Å². The van der Waals surface area contributed by atoms with E-state index in [-0.39, 0.29) is 0 Å². The number of anilines is 3. The third kappa shape index (κ3) is 3.97. The Balaban J connectivity index is 1.09. The second-order valence-corrected chi connectivity index (χ2v) is 14.0. The summed E-state index contributed by atoms with van der Waals surface area (Å²) in [6, 6.07) is 58.9. The predicted molar refractivity (Wildman–Crippen MR) is 212 cm³/mol. The van der Waals surface area contributed by atoms with Crippen molar-refractivity contribution in [3.05, 3.63) is 164 Å². The molecule has 10 aromatic rings. The van der Waals surface area contributed by atoms with Gasteiger partial charge in [0, 0.05) is 53.3 Å². The zero-order chi connectivity index (χ0) is 32.8.